The van der Waals surface area contributed by atoms with Gasteiger partial charge < -0.3 is 10.6 Å². The molecule has 1 amide bonds. The number of amides is 1. The summed E-state index contributed by atoms with van der Waals surface area (Å²) >= 11 is 5.12. The van der Waals surface area contributed by atoms with Gasteiger partial charge >= 0.3 is 0 Å². The average molecular weight is 382 g/mol. The summed E-state index contributed by atoms with van der Waals surface area (Å²) in [6.45, 7) is 5.87. The molecule has 6 heteroatoms. The van der Waals surface area contributed by atoms with Crippen molar-refractivity contribution in [3.05, 3.63) is 39.8 Å². The van der Waals surface area contributed by atoms with Crippen LogP contribution in [0.15, 0.2) is 34.1 Å². The van der Waals surface area contributed by atoms with E-state index in [0.29, 0.717) is 13.1 Å². The fourth-order valence-electron chi connectivity index (χ4n) is 1.84. The van der Waals surface area contributed by atoms with E-state index in [9.17, 15) is 4.79 Å². The topological polar surface area (TPSA) is 54.0 Å². The zero-order valence-electron chi connectivity index (χ0n) is 12.7. The molecule has 1 aromatic heterocycles. The molecule has 22 heavy (non-hydrogen) atoms. The molecule has 1 heterocycles. The fraction of sp³-hybridized carbons (Fsp3) is 0.375. The number of carbonyl (C=O) groups is 1. The van der Waals surface area contributed by atoms with E-state index in [1.54, 1.807) is 11.3 Å². The first kappa shape index (κ1) is 17.1. The van der Waals surface area contributed by atoms with Crippen LogP contribution in [0.1, 0.15) is 19.5 Å². The van der Waals surface area contributed by atoms with Gasteiger partial charge in [0.05, 0.1) is 5.69 Å². The SMILES string of the molecule is CC(C)C(=O)NCCNCc1csc(-c2cccc(Br)c2)n1. The Morgan fingerprint density at radius 3 is 2.91 bits per heavy atom. The van der Waals surface area contributed by atoms with E-state index in [-0.39, 0.29) is 11.8 Å². The van der Waals surface area contributed by atoms with E-state index >= 15 is 0 Å². The number of nitrogens with one attached hydrogen (secondary N) is 2. The first-order valence-electron chi connectivity index (χ1n) is 7.25. The minimum Gasteiger partial charge on any atom is -0.355 e. The van der Waals surface area contributed by atoms with E-state index in [4.69, 9.17) is 0 Å². The molecule has 0 saturated carbocycles. The van der Waals surface area contributed by atoms with Crippen LogP contribution >= 0.6 is 27.3 Å². The molecule has 0 saturated heterocycles. The molecule has 1 aromatic carbocycles. The van der Waals surface area contributed by atoms with Gasteiger partial charge in [-0.1, -0.05) is 41.9 Å². The Morgan fingerprint density at radius 1 is 1.36 bits per heavy atom. The molecule has 4 nitrogen and oxygen atoms in total. The van der Waals surface area contributed by atoms with Crippen molar-refractivity contribution in [2.24, 2.45) is 5.92 Å². The summed E-state index contributed by atoms with van der Waals surface area (Å²) in [4.78, 5) is 16.0. The maximum Gasteiger partial charge on any atom is 0.222 e. The molecule has 0 spiro atoms. The molecule has 0 bridgehead atoms. The van der Waals surface area contributed by atoms with Gasteiger partial charge in [0, 0.05) is 41.0 Å². The largest absolute Gasteiger partial charge is 0.355 e. The minimum atomic E-state index is 0.0336. The van der Waals surface area contributed by atoms with Crippen LogP contribution in [0.2, 0.25) is 0 Å². The molecule has 0 unspecified atom stereocenters. The summed E-state index contributed by atoms with van der Waals surface area (Å²) in [6, 6.07) is 8.14. The molecule has 0 aliphatic carbocycles. The summed E-state index contributed by atoms with van der Waals surface area (Å²) < 4.78 is 1.06. The second kappa shape index (κ2) is 8.41. The zero-order chi connectivity index (χ0) is 15.9. The Morgan fingerprint density at radius 2 is 2.18 bits per heavy atom. The molecule has 0 radical (unpaired) electrons. The standard InChI is InChI=1S/C16H20BrN3OS/c1-11(2)15(21)19-7-6-18-9-14-10-22-16(20-14)12-4-3-5-13(17)8-12/h3-5,8,10-11,18H,6-7,9H2,1-2H3,(H,19,21). The smallest absolute Gasteiger partial charge is 0.222 e. The van der Waals surface area contributed by atoms with Gasteiger partial charge in [-0.25, -0.2) is 4.98 Å². The molecule has 2 N–H and O–H groups in total. The summed E-state index contributed by atoms with van der Waals surface area (Å²) in [7, 11) is 0. The van der Waals surface area contributed by atoms with Crippen LogP contribution in [0.25, 0.3) is 10.6 Å². The van der Waals surface area contributed by atoms with Gasteiger partial charge in [-0.2, -0.15) is 0 Å². The molecule has 0 aliphatic rings. The molecule has 2 rings (SSSR count). The first-order chi connectivity index (χ1) is 10.6. The van der Waals surface area contributed by atoms with Crippen LogP contribution in [0, 0.1) is 5.92 Å². The molecule has 0 fully saturated rings. The predicted molar refractivity (Wildman–Crippen MR) is 94.8 cm³/mol. The quantitative estimate of drug-likeness (QED) is 0.722. The van der Waals surface area contributed by atoms with Crippen molar-refractivity contribution in [3.8, 4) is 10.6 Å². The van der Waals surface area contributed by atoms with E-state index in [0.717, 1.165) is 27.3 Å². The number of carbonyl (C=O) groups excluding carboxylic acids is 1. The Kier molecular flexibility index (Phi) is 6.54. The lowest BCUT2D eigenvalue weighted by Gasteiger charge is -2.07. The average Bonchev–Trinajstić information content (AvgIpc) is 2.95. The molecule has 118 valence electrons. The Bertz CT molecular complexity index is 627. The Balaban J connectivity index is 1.77. The molecular formula is C16H20BrN3OS. The highest BCUT2D eigenvalue weighted by atomic mass is 79.9. The predicted octanol–water partition coefficient (Wildman–Crippen LogP) is 3.43. The van der Waals surface area contributed by atoms with Crippen LogP contribution in [0.4, 0.5) is 0 Å². The van der Waals surface area contributed by atoms with E-state index < -0.39 is 0 Å². The number of nitrogens with zero attached hydrogens (tertiary/aromatic N) is 1. The summed E-state index contributed by atoms with van der Waals surface area (Å²) in [5.74, 6) is 0.124. The lowest BCUT2D eigenvalue weighted by molar-refractivity contribution is -0.123. The van der Waals surface area contributed by atoms with Crippen LogP contribution in [-0.2, 0) is 11.3 Å². The highest BCUT2D eigenvalue weighted by molar-refractivity contribution is 9.10. The van der Waals surface area contributed by atoms with E-state index in [1.807, 2.05) is 26.0 Å². The number of aromatic nitrogens is 1. The number of halogens is 1. The Labute approximate surface area is 143 Å². The van der Waals surface area contributed by atoms with E-state index in [2.05, 4.69) is 49.1 Å². The van der Waals surface area contributed by atoms with Gasteiger partial charge in [-0.3, -0.25) is 4.79 Å². The maximum absolute atomic E-state index is 11.4. The number of hydrogen-bond acceptors (Lipinski definition) is 4. The Hall–Kier alpha value is -1.24. The van der Waals surface area contributed by atoms with E-state index in [1.165, 1.54) is 0 Å². The van der Waals surface area contributed by atoms with Crippen LogP contribution in [0.5, 0.6) is 0 Å². The number of benzene rings is 1. The summed E-state index contributed by atoms with van der Waals surface area (Å²) in [5, 5.41) is 9.26. The van der Waals surface area contributed by atoms with Gasteiger partial charge in [0.25, 0.3) is 0 Å². The lowest BCUT2D eigenvalue weighted by atomic mass is 10.2. The van der Waals surface area contributed by atoms with Gasteiger partial charge in [0.2, 0.25) is 5.91 Å². The highest BCUT2D eigenvalue weighted by Crippen LogP contribution is 2.26. The molecule has 2 aromatic rings. The third kappa shape index (κ3) is 5.19. The third-order valence-electron chi connectivity index (χ3n) is 3.05. The van der Waals surface area contributed by atoms with Gasteiger partial charge in [-0.05, 0) is 12.1 Å². The van der Waals surface area contributed by atoms with Crippen molar-refractivity contribution in [2.75, 3.05) is 13.1 Å². The normalized spacial score (nSPS) is 10.9. The van der Waals surface area contributed by atoms with Gasteiger partial charge in [0.1, 0.15) is 5.01 Å². The minimum absolute atomic E-state index is 0.0336. The third-order valence-corrected chi connectivity index (χ3v) is 4.49. The fourth-order valence-corrected chi connectivity index (χ4v) is 3.05. The van der Waals surface area contributed by atoms with Crippen molar-refractivity contribution >= 4 is 33.2 Å². The second-order valence-electron chi connectivity index (χ2n) is 5.28. The van der Waals surface area contributed by atoms with Gasteiger partial charge in [-0.15, -0.1) is 11.3 Å². The summed E-state index contributed by atoms with van der Waals surface area (Å²) in [6.07, 6.45) is 0. The number of thiazole rings is 1. The maximum atomic E-state index is 11.4. The van der Waals surface area contributed by atoms with Crippen LogP contribution in [-0.4, -0.2) is 24.0 Å². The zero-order valence-corrected chi connectivity index (χ0v) is 15.1. The molecular weight excluding hydrogens is 362 g/mol. The van der Waals surface area contributed by atoms with Crippen molar-refractivity contribution in [1.29, 1.82) is 0 Å². The van der Waals surface area contributed by atoms with Crippen molar-refractivity contribution < 1.29 is 4.79 Å². The van der Waals surface area contributed by atoms with Crippen LogP contribution in [0.3, 0.4) is 0 Å². The van der Waals surface area contributed by atoms with Crippen molar-refractivity contribution in [1.82, 2.24) is 15.6 Å². The molecule has 0 atom stereocenters. The molecule has 0 aliphatic heterocycles. The van der Waals surface area contributed by atoms with Crippen molar-refractivity contribution in [2.45, 2.75) is 20.4 Å². The second-order valence-corrected chi connectivity index (χ2v) is 7.05. The van der Waals surface area contributed by atoms with Gasteiger partial charge in [0.15, 0.2) is 0 Å². The monoisotopic (exact) mass is 381 g/mol. The first-order valence-corrected chi connectivity index (χ1v) is 8.92. The highest BCUT2D eigenvalue weighted by Gasteiger charge is 2.06. The summed E-state index contributed by atoms with van der Waals surface area (Å²) in [5.41, 5.74) is 2.14. The number of hydrogen-bond donors (Lipinski definition) is 2. The van der Waals surface area contributed by atoms with Crippen LogP contribution < -0.4 is 10.6 Å². The lowest BCUT2D eigenvalue weighted by Crippen LogP contribution is -2.34. The van der Waals surface area contributed by atoms with Crippen molar-refractivity contribution in [3.63, 3.8) is 0 Å². The number of rotatable bonds is 7.